The number of methoxy groups -OCH3 is 2. The van der Waals surface area contributed by atoms with Crippen LogP contribution < -0.4 is 0 Å². The van der Waals surface area contributed by atoms with E-state index in [9.17, 15) is 14.7 Å². The zero-order valence-electron chi connectivity index (χ0n) is 15.1. The van der Waals surface area contributed by atoms with E-state index in [2.05, 4.69) is 0 Å². The lowest BCUT2D eigenvalue weighted by Crippen LogP contribution is -2.24. The SMILES string of the molecule is COC(=O)C1=C/C(CCCO)=C\C(c2cccs2)N(C)/C=C\1C(=O)OC. The molecule has 0 fully saturated rings. The zero-order valence-corrected chi connectivity index (χ0v) is 15.9. The van der Waals surface area contributed by atoms with E-state index in [1.165, 1.54) is 14.2 Å². The summed E-state index contributed by atoms with van der Waals surface area (Å²) in [4.78, 5) is 27.5. The van der Waals surface area contributed by atoms with Gasteiger partial charge in [-0.15, -0.1) is 11.3 Å². The molecule has 140 valence electrons. The average Bonchev–Trinajstić information content (AvgIpc) is 3.17. The van der Waals surface area contributed by atoms with Crippen molar-refractivity contribution < 1.29 is 24.2 Å². The van der Waals surface area contributed by atoms with Crippen LogP contribution in [-0.2, 0) is 19.1 Å². The van der Waals surface area contributed by atoms with Gasteiger partial charge in [0, 0.05) is 24.7 Å². The molecule has 7 heteroatoms. The smallest absolute Gasteiger partial charge is 0.340 e. The number of hydrogen-bond acceptors (Lipinski definition) is 7. The monoisotopic (exact) mass is 377 g/mol. The highest BCUT2D eigenvalue weighted by atomic mass is 32.1. The Morgan fingerprint density at radius 1 is 1.23 bits per heavy atom. The first kappa shape index (κ1) is 19.9. The number of ether oxygens (including phenoxy) is 2. The highest BCUT2D eigenvalue weighted by Gasteiger charge is 2.27. The van der Waals surface area contributed by atoms with E-state index in [0.29, 0.717) is 12.8 Å². The highest BCUT2D eigenvalue weighted by molar-refractivity contribution is 7.10. The third-order valence-electron chi connectivity index (χ3n) is 4.03. The van der Waals surface area contributed by atoms with Gasteiger partial charge in [-0.1, -0.05) is 12.1 Å². The number of likely N-dealkylation sites (N-methyl/N-ethyl adjacent to an activating group) is 1. The van der Waals surface area contributed by atoms with Gasteiger partial charge in [0.25, 0.3) is 0 Å². The Labute approximate surface area is 157 Å². The zero-order chi connectivity index (χ0) is 19.1. The third kappa shape index (κ3) is 4.62. The molecule has 0 radical (unpaired) electrons. The molecule has 2 rings (SSSR count). The van der Waals surface area contributed by atoms with Crippen LogP contribution in [-0.4, -0.2) is 49.8 Å². The third-order valence-corrected chi connectivity index (χ3v) is 4.98. The minimum Gasteiger partial charge on any atom is -0.465 e. The van der Waals surface area contributed by atoms with Crippen molar-refractivity contribution >= 4 is 23.3 Å². The first-order chi connectivity index (χ1) is 12.5. The summed E-state index contributed by atoms with van der Waals surface area (Å²) in [5, 5.41) is 11.2. The molecule has 1 aliphatic rings. The van der Waals surface area contributed by atoms with E-state index in [1.807, 2.05) is 35.5 Å². The second-order valence-electron chi connectivity index (χ2n) is 5.78. The molecular weight excluding hydrogens is 354 g/mol. The lowest BCUT2D eigenvalue weighted by molar-refractivity contribution is -0.139. The van der Waals surface area contributed by atoms with Crippen LogP contribution in [0.25, 0.3) is 0 Å². The maximum atomic E-state index is 12.3. The number of aliphatic hydroxyl groups excluding tert-OH is 1. The molecule has 6 nitrogen and oxygen atoms in total. The fourth-order valence-electron chi connectivity index (χ4n) is 2.72. The summed E-state index contributed by atoms with van der Waals surface area (Å²) < 4.78 is 9.71. The van der Waals surface area contributed by atoms with E-state index in [4.69, 9.17) is 9.47 Å². The molecule has 0 amide bonds. The topological polar surface area (TPSA) is 76.1 Å². The molecule has 1 N–H and O–H groups in total. The number of thiophene rings is 1. The van der Waals surface area contributed by atoms with Crippen molar-refractivity contribution in [3.05, 3.63) is 57.5 Å². The summed E-state index contributed by atoms with van der Waals surface area (Å²) in [6.45, 7) is 0.0396. The van der Waals surface area contributed by atoms with E-state index in [-0.39, 0.29) is 23.8 Å². The molecule has 1 aromatic heterocycles. The molecule has 1 atom stereocenters. The Kier molecular flexibility index (Phi) is 7.17. The molecular formula is C19H23NO5S. The van der Waals surface area contributed by atoms with Crippen molar-refractivity contribution in [2.75, 3.05) is 27.9 Å². The number of carbonyl (C=O) groups excluding carboxylic acids is 2. The summed E-state index contributed by atoms with van der Waals surface area (Å²) in [7, 11) is 4.38. The largest absolute Gasteiger partial charge is 0.465 e. The van der Waals surface area contributed by atoms with Crippen LogP contribution in [0.5, 0.6) is 0 Å². The van der Waals surface area contributed by atoms with Crippen LogP contribution in [0.1, 0.15) is 23.8 Å². The molecule has 0 spiro atoms. The highest BCUT2D eigenvalue weighted by Crippen LogP contribution is 2.32. The molecule has 1 aliphatic heterocycles. The Morgan fingerprint density at radius 2 is 1.92 bits per heavy atom. The van der Waals surface area contributed by atoms with Gasteiger partial charge in [0.1, 0.15) is 0 Å². The minimum absolute atomic E-state index is 0.0396. The van der Waals surface area contributed by atoms with Crippen molar-refractivity contribution in [3.63, 3.8) is 0 Å². The van der Waals surface area contributed by atoms with E-state index >= 15 is 0 Å². The Balaban J connectivity index is 2.61. The van der Waals surface area contributed by atoms with Crippen molar-refractivity contribution in [2.45, 2.75) is 18.9 Å². The second kappa shape index (κ2) is 9.35. The molecule has 26 heavy (non-hydrogen) atoms. The van der Waals surface area contributed by atoms with Gasteiger partial charge in [0.2, 0.25) is 0 Å². The first-order valence-electron chi connectivity index (χ1n) is 8.19. The average molecular weight is 377 g/mol. The number of rotatable bonds is 6. The van der Waals surface area contributed by atoms with Gasteiger partial charge in [-0.25, -0.2) is 9.59 Å². The number of allylic oxidation sites excluding steroid dienone is 2. The number of aliphatic hydroxyl groups is 1. The fourth-order valence-corrected chi connectivity index (χ4v) is 3.56. The molecule has 0 saturated carbocycles. The van der Waals surface area contributed by atoms with Gasteiger partial charge in [-0.3, -0.25) is 0 Å². The van der Waals surface area contributed by atoms with Gasteiger partial charge in [0.15, 0.2) is 0 Å². The van der Waals surface area contributed by atoms with E-state index < -0.39 is 11.9 Å². The van der Waals surface area contributed by atoms with Crippen LogP contribution in [0.15, 0.2) is 52.6 Å². The normalized spacial score (nSPS) is 23.5. The molecule has 1 unspecified atom stereocenters. The molecule has 2 heterocycles. The van der Waals surface area contributed by atoms with Crippen LogP contribution >= 0.6 is 11.3 Å². The lowest BCUT2D eigenvalue weighted by atomic mass is 9.96. The minimum atomic E-state index is -0.612. The summed E-state index contributed by atoms with van der Waals surface area (Å²) in [6.07, 6.45) is 6.42. The Morgan fingerprint density at radius 3 is 2.50 bits per heavy atom. The van der Waals surface area contributed by atoms with Crippen molar-refractivity contribution in [2.24, 2.45) is 0 Å². The maximum Gasteiger partial charge on any atom is 0.340 e. The van der Waals surface area contributed by atoms with Crippen molar-refractivity contribution in [3.8, 4) is 0 Å². The van der Waals surface area contributed by atoms with Crippen LogP contribution in [0, 0.1) is 0 Å². The maximum absolute atomic E-state index is 12.3. The van der Waals surface area contributed by atoms with Crippen molar-refractivity contribution in [1.82, 2.24) is 4.90 Å². The predicted molar refractivity (Wildman–Crippen MR) is 99.4 cm³/mol. The molecule has 0 aromatic carbocycles. The summed E-state index contributed by atoms with van der Waals surface area (Å²) in [6, 6.07) is 3.89. The molecule has 0 saturated heterocycles. The molecule has 0 bridgehead atoms. The fraction of sp³-hybridized carbons (Fsp3) is 0.368. The standard InChI is InChI=1S/C19H23NO5S/c1-20-12-15(19(23)25-3)14(18(22)24-2)10-13(6-4-8-21)11-16(20)17-7-5-9-26-17/h5,7,9-12,16,21H,4,6,8H2,1-3H3/b13-11-,14-10+,15-12+. The van der Waals surface area contributed by atoms with E-state index in [1.54, 1.807) is 23.6 Å². The Hall–Kier alpha value is -2.38. The second-order valence-corrected chi connectivity index (χ2v) is 6.76. The van der Waals surface area contributed by atoms with E-state index in [0.717, 1.165) is 10.5 Å². The Bertz CT molecular complexity index is 733. The molecule has 0 aliphatic carbocycles. The van der Waals surface area contributed by atoms with Crippen molar-refractivity contribution in [1.29, 1.82) is 0 Å². The number of nitrogens with zero attached hydrogens (tertiary/aromatic N) is 1. The summed E-state index contributed by atoms with van der Waals surface area (Å²) >= 11 is 1.61. The predicted octanol–water partition coefficient (Wildman–Crippen LogP) is 2.59. The number of carbonyl (C=O) groups is 2. The summed E-state index contributed by atoms with van der Waals surface area (Å²) in [5.74, 6) is -1.22. The van der Waals surface area contributed by atoms with Gasteiger partial charge in [-0.2, -0.15) is 0 Å². The molecule has 1 aromatic rings. The number of hydrogen-bond donors (Lipinski definition) is 1. The lowest BCUT2D eigenvalue weighted by Gasteiger charge is -2.27. The quantitative estimate of drug-likeness (QED) is 0.768. The van der Waals surface area contributed by atoms with Gasteiger partial charge in [-0.05, 0) is 35.9 Å². The van der Waals surface area contributed by atoms with Crippen LogP contribution in [0.3, 0.4) is 0 Å². The van der Waals surface area contributed by atoms with Crippen LogP contribution in [0.4, 0.5) is 0 Å². The first-order valence-corrected chi connectivity index (χ1v) is 9.07. The van der Waals surface area contributed by atoms with Gasteiger partial charge < -0.3 is 19.5 Å². The van der Waals surface area contributed by atoms with Gasteiger partial charge >= 0.3 is 11.9 Å². The summed E-state index contributed by atoms with van der Waals surface area (Å²) in [5.41, 5.74) is 1.12. The van der Waals surface area contributed by atoms with Gasteiger partial charge in [0.05, 0.1) is 31.4 Å². The number of esters is 2. The van der Waals surface area contributed by atoms with Crippen LogP contribution in [0.2, 0.25) is 0 Å².